The van der Waals surface area contributed by atoms with Crippen LogP contribution < -0.4 is 5.73 Å². The molecule has 1 aromatic carbocycles. The number of hydrogen-bond donors (Lipinski definition) is 1. The highest BCUT2D eigenvalue weighted by Gasteiger charge is 2.32. The van der Waals surface area contributed by atoms with E-state index in [1.165, 1.54) is 17.8 Å². The van der Waals surface area contributed by atoms with Crippen LogP contribution in [0.3, 0.4) is 0 Å². The standard InChI is InChI=1S/C16H17FN4OS2/c1-9-14(24-21-20-9)13(22)8-10-3-4-12(17)11(7-10)16(2)5-6-23-15(18)19-16/h3-4,7H,5-6,8H2,1-2H3,(H2,18,19)/t16-/m0/s1. The third-order valence-corrected chi connectivity index (χ3v) is 5.74. The van der Waals surface area contributed by atoms with E-state index in [0.29, 0.717) is 27.7 Å². The maximum Gasteiger partial charge on any atom is 0.180 e. The van der Waals surface area contributed by atoms with Crippen LogP contribution in [0.25, 0.3) is 0 Å². The summed E-state index contributed by atoms with van der Waals surface area (Å²) >= 11 is 2.56. The molecule has 0 spiro atoms. The zero-order chi connectivity index (χ0) is 17.3. The molecule has 1 aromatic heterocycles. The van der Waals surface area contributed by atoms with Crippen LogP contribution in [0.2, 0.25) is 0 Å². The summed E-state index contributed by atoms with van der Waals surface area (Å²) in [5.74, 6) is 0.403. The van der Waals surface area contributed by atoms with E-state index in [9.17, 15) is 9.18 Å². The molecule has 2 aromatic rings. The fraction of sp³-hybridized carbons (Fsp3) is 0.375. The number of ketones is 1. The maximum atomic E-state index is 14.4. The number of amidine groups is 1. The Hall–Kier alpha value is -1.80. The van der Waals surface area contributed by atoms with Crippen molar-refractivity contribution in [3.63, 3.8) is 0 Å². The molecular formula is C16H17FN4OS2. The van der Waals surface area contributed by atoms with E-state index in [1.807, 2.05) is 6.92 Å². The van der Waals surface area contributed by atoms with Crippen LogP contribution >= 0.6 is 23.3 Å². The molecule has 2 N–H and O–H groups in total. The Bertz CT molecular complexity index is 820. The van der Waals surface area contributed by atoms with Gasteiger partial charge in [0.15, 0.2) is 11.0 Å². The number of aliphatic imine (C=N–C) groups is 1. The molecule has 0 saturated carbocycles. The van der Waals surface area contributed by atoms with Gasteiger partial charge < -0.3 is 5.73 Å². The van der Waals surface area contributed by atoms with Gasteiger partial charge in [-0.15, -0.1) is 5.10 Å². The molecule has 1 aliphatic rings. The number of carbonyl (C=O) groups excluding carboxylic acids is 1. The van der Waals surface area contributed by atoms with E-state index >= 15 is 0 Å². The molecule has 0 unspecified atom stereocenters. The van der Waals surface area contributed by atoms with E-state index < -0.39 is 5.54 Å². The number of rotatable bonds is 4. The third-order valence-electron chi connectivity index (χ3n) is 4.08. The smallest absolute Gasteiger partial charge is 0.180 e. The van der Waals surface area contributed by atoms with Gasteiger partial charge in [0.2, 0.25) is 0 Å². The van der Waals surface area contributed by atoms with Crippen molar-refractivity contribution >= 4 is 34.2 Å². The minimum atomic E-state index is -0.694. The zero-order valence-electron chi connectivity index (χ0n) is 13.4. The lowest BCUT2D eigenvalue weighted by Gasteiger charge is -2.30. The second-order valence-corrected chi connectivity index (χ2v) is 7.79. The van der Waals surface area contributed by atoms with Gasteiger partial charge in [-0.2, -0.15) is 0 Å². The second-order valence-electron chi connectivity index (χ2n) is 5.92. The summed E-state index contributed by atoms with van der Waals surface area (Å²) in [7, 11) is 0. The van der Waals surface area contributed by atoms with Crippen molar-refractivity contribution in [3.8, 4) is 0 Å². The largest absolute Gasteiger partial charge is 0.379 e. The van der Waals surface area contributed by atoms with Crippen LogP contribution in [0.15, 0.2) is 23.2 Å². The van der Waals surface area contributed by atoms with Crippen molar-refractivity contribution in [2.24, 2.45) is 10.7 Å². The Balaban J connectivity index is 1.91. The highest BCUT2D eigenvalue weighted by atomic mass is 32.2. The molecule has 0 amide bonds. The minimum absolute atomic E-state index is 0.0626. The number of halogens is 1. The first kappa shape index (κ1) is 17.0. The molecule has 2 heterocycles. The number of benzene rings is 1. The molecule has 0 aliphatic carbocycles. The molecule has 3 rings (SSSR count). The van der Waals surface area contributed by atoms with Gasteiger partial charge in [-0.25, -0.2) is 4.39 Å². The van der Waals surface area contributed by atoms with E-state index in [1.54, 1.807) is 19.1 Å². The quantitative estimate of drug-likeness (QED) is 0.843. The van der Waals surface area contributed by atoms with Gasteiger partial charge in [0.1, 0.15) is 10.7 Å². The summed E-state index contributed by atoms with van der Waals surface area (Å²) in [6.07, 6.45) is 0.882. The van der Waals surface area contributed by atoms with Crippen LogP contribution in [0, 0.1) is 12.7 Å². The molecule has 126 valence electrons. The first-order valence-corrected chi connectivity index (χ1v) is 9.24. The molecule has 0 saturated heterocycles. The Kier molecular flexibility index (Phi) is 4.69. The fourth-order valence-electron chi connectivity index (χ4n) is 2.73. The molecule has 5 nitrogen and oxygen atoms in total. The number of nitrogens with zero attached hydrogens (tertiary/aromatic N) is 3. The van der Waals surface area contributed by atoms with Crippen LogP contribution in [0.5, 0.6) is 0 Å². The van der Waals surface area contributed by atoms with Crippen molar-refractivity contribution in [1.29, 1.82) is 0 Å². The van der Waals surface area contributed by atoms with Gasteiger partial charge in [0.25, 0.3) is 0 Å². The number of Topliss-reactive ketones (excluding diaryl/α,β-unsaturated/α-hetero) is 1. The molecule has 0 bridgehead atoms. The van der Waals surface area contributed by atoms with Crippen LogP contribution in [0.1, 0.15) is 39.8 Å². The lowest BCUT2D eigenvalue weighted by atomic mass is 9.87. The van der Waals surface area contributed by atoms with Crippen molar-refractivity contribution in [2.45, 2.75) is 32.2 Å². The molecule has 1 atom stereocenters. The fourth-order valence-corrected chi connectivity index (χ4v) is 4.29. The normalized spacial score (nSPS) is 20.7. The van der Waals surface area contributed by atoms with E-state index in [4.69, 9.17) is 5.73 Å². The van der Waals surface area contributed by atoms with Gasteiger partial charge in [-0.05, 0) is 49.5 Å². The van der Waals surface area contributed by atoms with Gasteiger partial charge >= 0.3 is 0 Å². The second kappa shape index (κ2) is 6.60. The summed E-state index contributed by atoms with van der Waals surface area (Å²) in [6, 6.07) is 4.76. The minimum Gasteiger partial charge on any atom is -0.379 e. The van der Waals surface area contributed by atoms with Gasteiger partial charge in [0.05, 0.1) is 11.2 Å². The van der Waals surface area contributed by atoms with Crippen LogP contribution in [-0.2, 0) is 12.0 Å². The van der Waals surface area contributed by atoms with Crippen molar-refractivity contribution in [1.82, 2.24) is 9.59 Å². The summed E-state index contributed by atoms with van der Waals surface area (Å²) in [6.45, 7) is 3.63. The Morgan fingerprint density at radius 1 is 1.46 bits per heavy atom. The summed E-state index contributed by atoms with van der Waals surface area (Å²) < 4.78 is 18.2. The Labute approximate surface area is 147 Å². The third kappa shape index (κ3) is 3.34. The molecule has 24 heavy (non-hydrogen) atoms. The first-order chi connectivity index (χ1) is 11.4. The van der Waals surface area contributed by atoms with E-state index in [-0.39, 0.29) is 18.0 Å². The van der Waals surface area contributed by atoms with E-state index in [2.05, 4.69) is 14.6 Å². The van der Waals surface area contributed by atoms with Gasteiger partial charge in [-0.1, -0.05) is 22.3 Å². The summed E-state index contributed by atoms with van der Waals surface area (Å²) in [4.78, 5) is 17.4. The van der Waals surface area contributed by atoms with Crippen molar-refractivity contribution in [2.75, 3.05) is 5.75 Å². The molecule has 1 aliphatic heterocycles. The number of nitrogens with two attached hydrogens (primary N) is 1. The first-order valence-electron chi connectivity index (χ1n) is 7.48. The van der Waals surface area contributed by atoms with E-state index in [0.717, 1.165) is 22.8 Å². The highest BCUT2D eigenvalue weighted by molar-refractivity contribution is 8.13. The molecular weight excluding hydrogens is 347 g/mol. The predicted octanol–water partition coefficient (Wildman–Crippen LogP) is 3.08. The summed E-state index contributed by atoms with van der Waals surface area (Å²) in [5.41, 5.74) is 6.98. The lowest BCUT2D eigenvalue weighted by molar-refractivity contribution is 0.0996. The van der Waals surface area contributed by atoms with Crippen LogP contribution in [0.4, 0.5) is 4.39 Å². The number of aromatic nitrogens is 2. The average Bonchev–Trinajstić information content (AvgIpc) is 2.95. The molecule has 0 radical (unpaired) electrons. The number of thioether (sulfide) groups is 1. The molecule has 8 heteroatoms. The van der Waals surface area contributed by atoms with Crippen molar-refractivity contribution < 1.29 is 9.18 Å². The van der Waals surface area contributed by atoms with Crippen molar-refractivity contribution in [3.05, 3.63) is 45.7 Å². The summed E-state index contributed by atoms with van der Waals surface area (Å²) in [5, 5.41) is 4.33. The predicted molar refractivity (Wildman–Crippen MR) is 95.1 cm³/mol. The van der Waals surface area contributed by atoms with Gasteiger partial charge in [0, 0.05) is 17.7 Å². The Morgan fingerprint density at radius 2 is 2.25 bits per heavy atom. The maximum absolute atomic E-state index is 14.4. The number of hydrogen-bond acceptors (Lipinski definition) is 7. The van der Waals surface area contributed by atoms with Crippen LogP contribution in [-0.4, -0.2) is 26.3 Å². The topological polar surface area (TPSA) is 81.2 Å². The average molecular weight is 364 g/mol. The monoisotopic (exact) mass is 364 g/mol. The van der Waals surface area contributed by atoms with Gasteiger partial charge in [-0.3, -0.25) is 9.79 Å². The molecule has 0 fully saturated rings. The zero-order valence-corrected chi connectivity index (χ0v) is 15.0. The number of carbonyl (C=O) groups is 1. The SMILES string of the molecule is Cc1nnsc1C(=O)Cc1ccc(F)c([C@]2(C)CCSC(N)=N2)c1. The number of aryl methyl sites for hydroxylation is 1. The Morgan fingerprint density at radius 3 is 2.92 bits per heavy atom. The lowest BCUT2D eigenvalue weighted by Crippen LogP contribution is -2.29. The highest BCUT2D eigenvalue weighted by Crippen LogP contribution is 2.36.